The monoisotopic (exact) mass is 366 g/mol. The topological polar surface area (TPSA) is 81.1 Å². The van der Waals surface area contributed by atoms with E-state index in [9.17, 15) is 19.8 Å². The number of nitrogens with zero attached hydrogens (tertiary/aromatic N) is 2. The lowest BCUT2D eigenvalue weighted by Crippen LogP contribution is -2.50. The van der Waals surface area contributed by atoms with Crippen molar-refractivity contribution in [1.29, 1.82) is 0 Å². The highest BCUT2D eigenvalue weighted by molar-refractivity contribution is 5.98. The number of rotatable bonds is 2. The summed E-state index contributed by atoms with van der Waals surface area (Å²) in [6, 6.07) is 12.1. The number of piperidine rings is 1. The molecule has 6 heteroatoms. The number of carbonyl (C=O) groups is 2. The van der Waals surface area contributed by atoms with Crippen LogP contribution in [0.3, 0.4) is 0 Å². The predicted molar refractivity (Wildman–Crippen MR) is 101 cm³/mol. The molecule has 6 nitrogen and oxygen atoms in total. The summed E-state index contributed by atoms with van der Waals surface area (Å²) in [5, 5.41) is 19.3. The van der Waals surface area contributed by atoms with Gasteiger partial charge in [0.25, 0.3) is 5.91 Å². The highest BCUT2D eigenvalue weighted by Gasteiger charge is 2.34. The smallest absolute Gasteiger partial charge is 0.257 e. The van der Waals surface area contributed by atoms with Crippen LogP contribution in [0.4, 0.5) is 5.69 Å². The first-order valence-corrected chi connectivity index (χ1v) is 9.26. The summed E-state index contributed by atoms with van der Waals surface area (Å²) in [4.78, 5) is 28.9. The van der Waals surface area contributed by atoms with E-state index in [2.05, 4.69) is 6.07 Å². The van der Waals surface area contributed by atoms with Crippen molar-refractivity contribution < 1.29 is 19.8 Å². The van der Waals surface area contributed by atoms with E-state index in [0.29, 0.717) is 32.4 Å². The van der Waals surface area contributed by atoms with Gasteiger partial charge < -0.3 is 20.0 Å². The molecule has 0 aliphatic carbocycles. The summed E-state index contributed by atoms with van der Waals surface area (Å²) in [7, 11) is 0. The second-order valence-corrected chi connectivity index (χ2v) is 7.12. The molecule has 4 rings (SSSR count). The van der Waals surface area contributed by atoms with E-state index in [0.717, 1.165) is 12.1 Å². The number of carbonyl (C=O) groups excluding carboxylic acids is 2. The minimum absolute atomic E-state index is 0.0787. The molecule has 1 fully saturated rings. The van der Waals surface area contributed by atoms with Gasteiger partial charge in [-0.3, -0.25) is 9.59 Å². The van der Waals surface area contributed by atoms with Crippen molar-refractivity contribution >= 4 is 17.5 Å². The van der Waals surface area contributed by atoms with Gasteiger partial charge in [-0.1, -0.05) is 18.2 Å². The molecule has 0 spiro atoms. The number of hydrogen-bond donors (Lipinski definition) is 2. The lowest BCUT2D eigenvalue weighted by atomic mass is 9.95. The fraction of sp³-hybridized carbons (Fsp3) is 0.333. The Balaban J connectivity index is 1.48. The number of hydrogen-bond acceptors (Lipinski definition) is 4. The molecule has 0 unspecified atom stereocenters. The molecule has 2 aromatic carbocycles. The number of aromatic hydroxyl groups is 2. The Morgan fingerprint density at radius 1 is 1.00 bits per heavy atom. The van der Waals surface area contributed by atoms with Crippen LogP contribution in [0.15, 0.2) is 42.5 Å². The normalized spacial score (nSPS) is 17.7. The van der Waals surface area contributed by atoms with Crippen LogP contribution < -0.4 is 4.90 Å². The molecule has 2 aromatic rings. The lowest BCUT2D eigenvalue weighted by Gasteiger charge is -2.41. The van der Waals surface area contributed by atoms with Crippen LogP contribution in [0.5, 0.6) is 11.5 Å². The fourth-order valence-electron chi connectivity index (χ4n) is 4.05. The molecule has 1 saturated heterocycles. The number of anilines is 1. The second kappa shape index (κ2) is 6.95. The highest BCUT2D eigenvalue weighted by atomic mass is 16.3. The molecule has 2 aliphatic rings. The summed E-state index contributed by atoms with van der Waals surface area (Å²) >= 11 is 0. The number of para-hydroxylation sites is 1. The number of phenols is 2. The molecule has 2 N–H and O–H groups in total. The third-order valence-electron chi connectivity index (χ3n) is 5.46. The van der Waals surface area contributed by atoms with Crippen molar-refractivity contribution in [2.75, 3.05) is 18.0 Å². The van der Waals surface area contributed by atoms with E-state index in [1.54, 1.807) is 4.90 Å². The molecule has 27 heavy (non-hydrogen) atoms. The summed E-state index contributed by atoms with van der Waals surface area (Å²) in [6.45, 7) is 1.05. The van der Waals surface area contributed by atoms with E-state index in [-0.39, 0.29) is 34.9 Å². The summed E-state index contributed by atoms with van der Waals surface area (Å²) in [5.41, 5.74) is 2.38. The maximum absolute atomic E-state index is 12.7. The largest absolute Gasteiger partial charge is 0.508 e. The molecule has 0 saturated carbocycles. The fourth-order valence-corrected chi connectivity index (χ4v) is 4.05. The maximum Gasteiger partial charge on any atom is 0.257 e. The van der Waals surface area contributed by atoms with Gasteiger partial charge in [-0.2, -0.15) is 0 Å². The first kappa shape index (κ1) is 17.4. The first-order chi connectivity index (χ1) is 13.0. The molecule has 2 aliphatic heterocycles. The highest BCUT2D eigenvalue weighted by Crippen LogP contribution is 2.33. The molecule has 0 atom stereocenters. The van der Waals surface area contributed by atoms with Crippen molar-refractivity contribution in [2.45, 2.75) is 31.7 Å². The second-order valence-electron chi connectivity index (χ2n) is 7.12. The van der Waals surface area contributed by atoms with Crippen molar-refractivity contribution in [3.8, 4) is 11.5 Å². The lowest BCUT2D eigenvalue weighted by molar-refractivity contribution is -0.119. The zero-order chi connectivity index (χ0) is 19.0. The maximum atomic E-state index is 12.7. The van der Waals surface area contributed by atoms with E-state index in [1.807, 2.05) is 23.1 Å². The van der Waals surface area contributed by atoms with Crippen LogP contribution in [-0.4, -0.2) is 46.1 Å². The van der Waals surface area contributed by atoms with Gasteiger partial charge in [-0.15, -0.1) is 0 Å². The Labute approximate surface area is 157 Å². The third-order valence-corrected chi connectivity index (χ3v) is 5.46. The Morgan fingerprint density at radius 3 is 2.48 bits per heavy atom. The van der Waals surface area contributed by atoms with Crippen molar-refractivity contribution in [2.24, 2.45) is 0 Å². The predicted octanol–water partition coefficient (Wildman–Crippen LogP) is 2.68. The Hall–Kier alpha value is -3.02. The molecular weight excluding hydrogens is 344 g/mol. The van der Waals surface area contributed by atoms with Gasteiger partial charge in [-0.25, -0.2) is 0 Å². The quantitative estimate of drug-likeness (QED) is 0.856. The van der Waals surface area contributed by atoms with Crippen LogP contribution in [0.25, 0.3) is 0 Å². The number of likely N-dealkylation sites (tertiary alicyclic amines) is 1. The number of fused-ring (bicyclic) bond motifs is 1. The zero-order valence-electron chi connectivity index (χ0n) is 15.0. The van der Waals surface area contributed by atoms with E-state index in [4.69, 9.17) is 0 Å². The van der Waals surface area contributed by atoms with Crippen LogP contribution in [-0.2, 0) is 11.2 Å². The van der Waals surface area contributed by atoms with E-state index >= 15 is 0 Å². The standard InChI is InChI=1S/C21H22N2O4/c24-16-6-7-17(19(25)13-16)21(27)22-11-9-15(10-12-22)23-18-4-2-1-3-14(18)5-8-20(23)26/h1-4,6-7,13,15,24-25H,5,8-12H2. The van der Waals surface area contributed by atoms with Gasteiger partial charge >= 0.3 is 0 Å². The molecule has 2 heterocycles. The average Bonchev–Trinajstić information content (AvgIpc) is 2.68. The minimum atomic E-state index is -0.253. The number of aryl methyl sites for hydroxylation is 1. The van der Waals surface area contributed by atoms with Gasteiger partial charge in [0.1, 0.15) is 11.5 Å². The zero-order valence-corrected chi connectivity index (χ0v) is 15.0. The Bertz CT molecular complexity index is 888. The van der Waals surface area contributed by atoms with Gasteiger partial charge in [0.2, 0.25) is 5.91 Å². The number of amides is 2. The number of benzene rings is 2. The molecule has 0 bridgehead atoms. The van der Waals surface area contributed by atoms with E-state index in [1.165, 1.54) is 23.8 Å². The Morgan fingerprint density at radius 2 is 1.74 bits per heavy atom. The van der Waals surface area contributed by atoms with Crippen LogP contribution in [0.1, 0.15) is 35.2 Å². The van der Waals surface area contributed by atoms with Gasteiger partial charge in [0.05, 0.1) is 5.56 Å². The summed E-state index contributed by atoms with van der Waals surface area (Å²) in [6.07, 6.45) is 2.70. The number of phenolic OH excluding ortho intramolecular Hbond substituents is 2. The summed E-state index contributed by atoms with van der Waals surface area (Å²) in [5.74, 6) is -0.404. The van der Waals surface area contributed by atoms with Crippen LogP contribution in [0, 0.1) is 0 Å². The Kier molecular flexibility index (Phi) is 4.48. The van der Waals surface area contributed by atoms with Crippen molar-refractivity contribution in [3.05, 3.63) is 53.6 Å². The average molecular weight is 366 g/mol. The van der Waals surface area contributed by atoms with Crippen molar-refractivity contribution in [1.82, 2.24) is 4.90 Å². The van der Waals surface area contributed by atoms with Crippen LogP contribution >= 0.6 is 0 Å². The van der Waals surface area contributed by atoms with Gasteiger partial charge in [0.15, 0.2) is 0 Å². The first-order valence-electron chi connectivity index (χ1n) is 9.26. The van der Waals surface area contributed by atoms with E-state index < -0.39 is 0 Å². The van der Waals surface area contributed by atoms with Crippen molar-refractivity contribution in [3.63, 3.8) is 0 Å². The molecule has 0 radical (unpaired) electrons. The minimum Gasteiger partial charge on any atom is -0.508 e. The van der Waals surface area contributed by atoms with Gasteiger partial charge in [0, 0.05) is 37.3 Å². The molecule has 0 aromatic heterocycles. The third kappa shape index (κ3) is 3.23. The SMILES string of the molecule is O=C(c1ccc(O)cc1O)N1CCC(N2C(=O)CCc3ccccc32)CC1. The molecular formula is C21H22N2O4. The van der Waals surface area contributed by atoms with Crippen LogP contribution in [0.2, 0.25) is 0 Å². The summed E-state index contributed by atoms with van der Waals surface area (Å²) < 4.78 is 0. The van der Waals surface area contributed by atoms with Gasteiger partial charge in [-0.05, 0) is 43.0 Å². The molecule has 140 valence electrons. The molecule has 2 amide bonds.